The average Bonchev–Trinajstić information content (AvgIpc) is 2.42. The molecule has 0 aliphatic rings. The molecule has 0 aliphatic carbocycles. The SMILES string of the molecule is CCNC(C)c1ccnc(Sc2ccc(Cl)cn2)c1. The Hall–Kier alpha value is -1.10. The molecule has 0 aromatic carbocycles. The van der Waals surface area contributed by atoms with Crippen LogP contribution in [0.2, 0.25) is 5.02 Å². The van der Waals surface area contributed by atoms with Crippen LogP contribution in [0.5, 0.6) is 0 Å². The molecule has 19 heavy (non-hydrogen) atoms. The Morgan fingerprint density at radius 1 is 1.26 bits per heavy atom. The lowest BCUT2D eigenvalue weighted by molar-refractivity contribution is 0.596. The summed E-state index contributed by atoms with van der Waals surface area (Å²) in [5, 5.41) is 5.87. The minimum absolute atomic E-state index is 0.325. The zero-order valence-corrected chi connectivity index (χ0v) is 12.5. The van der Waals surface area contributed by atoms with Crippen molar-refractivity contribution < 1.29 is 0 Å². The summed E-state index contributed by atoms with van der Waals surface area (Å²) in [7, 11) is 0. The van der Waals surface area contributed by atoms with Crippen molar-refractivity contribution in [2.45, 2.75) is 29.9 Å². The molecule has 1 N–H and O–H groups in total. The first-order chi connectivity index (χ1) is 9.19. The molecule has 5 heteroatoms. The molecule has 100 valence electrons. The Labute approximate surface area is 122 Å². The topological polar surface area (TPSA) is 37.8 Å². The molecule has 0 amide bonds. The molecule has 3 nitrogen and oxygen atoms in total. The van der Waals surface area contributed by atoms with Gasteiger partial charge in [-0.05, 0) is 43.3 Å². The maximum Gasteiger partial charge on any atom is 0.102 e. The summed E-state index contributed by atoms with van der Waals surface area (Å²) in [5.41, 5.74) is 1.23. The molecule has 2 aromatic heterocycles. The normalized spacial score (nSPS) is 12.4. The Morgan fingerprint density at radius 2 is 2.11 bits per heavy atom. The second-order valence-corrected chi connectivity index (χ2v) is 5.60. The van der Waals surface area contributed by atoms with E-state index in [0.29, 0.717) is 11.1 Å². The van der Waals surface area contributed by atoms with Crippen LogP contribution in [0.3, 0.4) is 0 Å². The molecular weight excluding hydrogens is 278 g/mol. The van der Waals surface area contributed by atoms with E-state index >= 15 is 0 Å². The molecule has 1 unspecified atom stereocenters. The zero-order chi connectivity index (χ0) is 13.7. The Bertz CT molecular complexity index is 530. The number of halogens is 1. The van der Waals surface area contributed by atoms with E-state index in [4.69, 9.17) is 11.6 Å². The van der Waals surface area contributed by atoms with Gasteiger partial charge >= 0.3 is 0 Å². The Balaban J connectivity index is 2.12. The molecule has 2 aromatic rings. The van der Waals surface area contributed by atoms with Crippen molar-refractivity contribution in [1.29, 1.82) is 0 Å². The predicted molar refractivity (Wildman–Crippen MR) is 79.7 cm³/mol. The lowest BCUT2D eigenvalue weighted by atomic mass is 10.1. The molecular formula is C14H16ClN3S. The number of pyridine rings is 2. The zero-order valence-electron chi connectivity index (χ0n) is 10.9. The van der Waals surface area contributed by atoms with E-state index in [0.717, 1.165) is 16.6 Å². The van der Waals surface area contributed by atoms with Crippen LogP contribution in [0.25, 0.3) is 0 Å². The first-order valence-corrected chi connectivity index (χ1v) is 7.37. The van der Waals surface area contributed by atoms with Crippen LogP contribution in [0.1, 0.15) is 25.5 Å². The molecule has 0 radical (unpaired) electrons. The summed E-state index contributed by atoms with van der Waals surface area (Å²) in [5.74, 6) is 0. The molecule has 0 fully saturated rings. The van der Waals surface area contributed by atoms with Crippen molar-refractivity contribution in [3.8, 4) is 0 Å². The van der Waals surface area contributed by atoms with Crippen LogP contribution in [0.15, 0.2) is 46.7 Å². The van der Waals surface area contributed by atoms with Gasteiger partial charge in [-0.2, -0.15) is 0 Å². The predicted octanol–water partition coefficient (Wildman–Crippen LogP) is 3.95. The number of hydrogen-bond acceptors (Lipinski definition) is 4. The maximum absolute atomic E-state index is 5.82. The van der Waals surface area contributed by atoms with Crippen LogP contribution in [0, 0.1) is 0 Å². The lowest BCUT2D eigenvalue weighted by Gasteiger charge is -2.13. The summed E-state index contributed by atoms with van der Waals surface area (Å²) in [4.78, 5) is 8.62. The van der Waals surface area contributed by atoms with Crippen LogP contribution in [-0.4, -0.2) is 16.5 Å². The molecule has 2 heterocycles. The molecule has 0 aliphatic heterocycles. The third-order valence-electron chi connectivity index (χ3n) is 2.68. The second-order valence-electron chi connectivity index (χ2n) is 4.12. The van der Waals surface area contributed by atoms with E-state index < -0.39 is 0 Å². The third-order valence-corrected chi connectivity index (χ3v) is 3.79. The van der Waals surface area contributed by atoms with Crippen molar-refractivity contribution in [3.63, 3.8) is 0 Å². The van der Waals surface area contributed by atoms with E-state index in [1.807, 2.05) is 24.4 Å². The molecule has 0 spiro atoms. The van der Waals surface area contributed by atoms with Gasteiger partial charge in [0.25, 0.3) is 0 Å². The molecule has 0 saturated heterocycles. The van der Waals surface area contributed by atoms with Crippen LogP contribution in [-0.2, 0) is 0 Å². The van der Waals surface area contributed by atoms with Crippen molar-refractivity contribution >= 4 is 23.4 Å². The van der Waals surface area contributed by atoms with Crippen LogP contribution in [0.4, 0.5) is 0 Å². The first kappa shape index (κ1) is 14.3. The standard InChI is InChI=1S/C14H16ClN3S/c1-3-16-10(2)11-6-7-17-14(8-11)19-13-5-4-12(15)9-18-13/h4-10,16H,3H2,1-2H3. The summed E-state index contributed by atoms with van der Waals surface area (Å²) in [6.45, 7) is 5.20. The summed E-state index contributed by atoms with van der Waals surface area (Å²) in [6, 6.07) is 8.18. The first-order valence-electron chi connectivity index (χ1n) is 6.17. The number of nitrogens with zero attached hydrogens (tertiary/aromatic N) is 2. The monoisotopic (exact) mass is 293 g/mol. The summed E-state index contributed by atoms with van der Waals surface area (Å²) >= 11 is 7.36. The van der Waals surface area contributed by atoms with Crippen molar-refractivity contribution in [2.75, 3.05) is 6.54 Å². The molecule has 2 rings (SSSR count). The highest BCUT2D eigenvalue weighted by atomic mass is 35.5. The highest BCUT2D eigenvalue weighted by Crippen LogP contribution is 2.26. The van der Waals surface area contributed by atoms with Gasteiger partial charge in [-0.25, -0.2) is 9.97 Å². The van der Waals surface area contributed by atoms with Gasteiger partial charge in [-0.1, -0.05) is 30.3 Å². The maximum atomic E-state index is 5.82. The van der Waals surface area contributed by atoms with Gasteiger partial charge in [0.15, 0.2) is 0 Å². The van der Waals surface area contributed by atoms with Gasteiger partial charge in [0, 0.05) is 18.4 Å². The van der Waals surface area contributed by atoms with E-state index in [9.17, 15) is 0 Å². The summed E-state index contributed by atoms with van der Waals surface area (Å²) < 4.78 is 0. The van der Waals surface area contributed by atoms with Gasteiger partial charge in [0.2, 0.25) is 0 Å². The Morgan fingerprint density at radius 3 is 2.79 bits per heavy atom. The van der Waals surface area contributed by atoms with Crippen molar-refractivity contribution in [3.05, 3.63) is 47.2 Å². The number of nitrogens with one attached hydrogen (secondary N) is 1. The van der Waals surface area contributed by atoms with E-state index in [2.05, 4.69) is 35.2 Å². The highest BCUT2D eigenvalue weighted by Gasteiger charge is 2.06. The van der Waals surface area contributed by atoms with Crippen molar-refractivity contribution in [2.24, 2.45) is 0 Å². The van der Waals surface area contributed by atoms with Gasteiger partial charge in [-0.15, -0.1) is 0 Å². The third kappa shape index (κ3) is 4.20. The number of aromatic nitrogens is 2. The van der Waals surface area contributed by atoms with Gasteiger partial charge < -0.3 is 5.32 Å². The fourth-order valence-corrected chi connectivity index (χ4v) is 2.58. The van der Waals surface area contributed by atoms with E-state index in [-0.39, 0.29) is 0 Å². The highest BCUT2D eigenvalue weighted by molar-refractivity contribution is 7.99. The lowest BCUT2D eigenvalue weighted by Crippen LogP contribution is -2.17. The molecule has 1 atom stereocenters. The van der Waals surface area contributed by atoms with Gasteiger partial charge in [-0.3, -0.25) is 0 Å². The fourth-order valence-electron chi connectivity index (χ4n) is 1.70. The number of rotatable bonds is 5. The van der Waals surface area contributed by atoms with Gasteiger partial charge in [0.1, 0.15) is 10.1 Å². The van der Waals surface area contributed by atoms with Crippen molar-refractivity contribution in [1.82, 2.24) is 15.3 Å². The summed E-state index contributed by atoms with van der Waals surface area (Å²) in [6.07, 6.45) is 3.48. The minimum atomic E-state index is 0.325. The molecule has 0 bridgehead atoms. The second kappa shape index (κ2) is 6.89. The number of hydrogen-bond donors (Lipinski definition) is 1. The van der Waals surface area contributed by atoms with E-state index in [1.54, 1.807) is 6.20 Å². The quantitative estimate of drug-likeness (QED) is 0.906. The minimum Gasteiger partial charge on any atom is -0.310 e. The largest absolute Gasteiger partial charge is 0.310 e. The van der Waals surface area contributed by atoms with Gasteiger partial charge in [0.05, 0.1) is 5.02 Å². The average molecular weight is 294 g/mol. The molecule has 0 saturated carbocycles. The fraction of sp³-hybridized carbons (Fsp3) is 0.286. The van der Waals surface area contributed by atoms with E-state index in [1.165, 1.54) is 17.3 Å². The van der Waals surface area contributed by atoms with Crippen LogP contribution >= 0.6 is 23.4 Å². The van der Waals surface area contributed by atoms with Crippen LogP contribution < -0.4 is 5.32 Å². The smallest absolute Gasteiger partial charge is 0.102 e. The Kier molecular flexibility index (Phi) is 5.19.